The lowest BCUT2D eigenvalue weighted by molar-refractivity contribution is -0.142. The zero-order chi connectivity index (χ0) is 17.2. The molecule has 0 amide bonds. The fourth-order valence-electron chi connectivity index (χ4n) is 4.05. The van der Waals surface area contributed by atoms with Gasteiger partial charge in [0.05, 0.1) is 6.42 Å². The van der Waals surface area contributed by atoms with E-state index in [2.05, 4.69) is 10.2 Å². The molecule has 0 saturated carbocycles. The van der Waals surface area contributed by atoms with Crippen LogP contribution in [-0.2, 0) is 22.6 Å². The minimum absolute atomic E-state index is 0.0118. The highest BCUT2D eigenvalue weighted by Crippen LogP contribution is 2.42. The molecule has 1 spiro atoms. The Kier molecular flexibility index (Phi) is 4.87. The third kappa shape index (κ3) is 3.76. The second-order valence-electron chi connectivity index (χ2n) is 7.10. The van der Waals surface area contributed by atoms with Crippen LogP contribution in [0.15, 0.2) is 24.3 Å². The molecule has 6 heteroatoms. The van der Waals surface area contributed by atoms with Gasteiger partial charge in [0.2, 0.25) is 0 Å². The average Bonchev–Trinajstić information content (AvgIpc) is 2.87. The van der Waals surface area contributed by atoms with Gasteiger partial charge in [0.25, 0.3) is 0 Å². The molecule has 2 aliphatic heterocycles. The Morgan fingerprint density at radius 2 is 1.75 bits per heavy atom. The topological polar surface area (TPSA) is 89.9 Å². The number of rotatable bonds is 5. The van der Waals surface area contributed by atoms with Gasteiger partial charge in [0.15, 0.2) is 0 Å². The van der Waals surface area contributed by atoms with Crippen LogP contribution in [0.1, 0.15) is 30.4 Å². The summed E-state index contributed by atoms with van der Waals surface area (Å²) in [5, 5.41) is 21.8. The van der Waals surface area contributed by atoms with Gasteiger partial charge in [-0.15, -0.1) is 0 Å². The van der Waals surface area contributed by atoms with Crippen molar-refractivity contribution < 1.29 is 19.8 Å². The Labute approximate surface area is 141 Å². The van der Waals surface area contributed by atoms with E-state index >= 15 is 0 Å². The van der Waals surface area contributed by atoms with Crippen LogP contribution in [0, 0.1) is 5.41 Å². The molecule has 0 aliphatic carbocycles. The Morgan fingerprint density at radius 3 is 2.33 bits per heavy atom. The predicted octanol–water partition coefficient (Wildman–Crippen LogP) is 1.34. The molecule has 3 rings (SSSR count). The number of carboxylic acid groups (broad SMARTS) is 2. The fourth-order valence-corrected chi connectivity index (χ4v) is 4.05. The molecule has 1 aromatic rings. The summed E-state index contributed by atoms with van der Waals surface area (Å²) in [5.74, 6) is -1.59. The molecular formula is C18H24N2O4. The van der Waals surface area contributed by atoms with E-state index in [9.17, 15) is 14.7 Å². The lowest BCUT2D eigenvalue weighted by Gasteiger charge is -2.33. The standard InChI is InChI=1S/C18H24N2O4/c21-16(22)9-13-1-3-14(4-2-13)11-20-12-18(5-7-19-8-6-18)10-15(20)17(23)24/h1-4,15,19H,5-12H2,(H,21,22)(H,23,24)/t15-/m1/s1. The van der Waals surface area contributed by atoms with Crippen LogP contribution in [0.5, 0.6) is 0 Å². The van der Waals surface area contributed by atoms with Crippen LogP contribution < -0.4 is 5.32 Å². The number of hydrogen-bond donors (Lipinski definition) is 3. The van der Waals surface area contributed by atoms with Crippen LogP contribution in [0.2, 0.25) is 0 Å². The van der Waals surface area contributed by atoms with E-state index in [-0.39, 0.29) is 11.8 Å². The molecule has 0 radical (unpaired) electrons. The number of hydrogen-bond acceptors (Lipinski definition) is 4. The Bertz CT molecular complexity index is 608. The number of likely N-dealkylation sites (tertiary alicyclic amines) is 1. The maximum Gasteiger partial charge on any atom is 0.320 e. The van der Waals surface area contributed by atoms with Crippen molar-refractivity contribution in [2.24, 2.45) is 5.41 Å². The van der Waals surface area contributed by atoms with Gasteiger partial charge in [0, 0.05) is 13.1 Å². The monoisotopic (exact) mass is 332 g/mol. The van der Waals surface area contributed by atoms with Gasteiger partial charge in [-0.05, 0) is 48.9 Å². The quantitative estimate of drug-likeness (QED) is 0.754. The Morgan fingerprint density at radius 1 is 1.12 bits per heavy atom. The number of nitrogens with one attached hydrogen (secondary N) is 1. The summed E-state index contributed by atoms with van der Waals surface area (Å²) in [6.45, 7) is 3.34. The molecular weight excluding hydrogens is 308 g/mol. The first-order chi connectivity index (χ1) is 11.5. The first kappa shape index (κ1) is 16.9. The summed E-state index contributed by atoms with van der Waals surface area (Å²) in [6.07, 6.45) is 2.80. The average molecular weight is 332 g/mol. The van der Waals surface area contributed by atoms with Crippen molar-refractivity contribution in [2.75, 3.05) is 19.6 Å². The van der Waals surface area contributed by atoms with E-state index in [0.717, 1.165) is 50.0 Å². The molecule has 2 fully saturated rings. The second-order valence-corrected chi connectivity index (χ2v) is 7.10. The Hall–Kier alpha value is -1.92. The van der Waals surface area contributed by atoms with Gasteiger partial charge < -0.3 is 15.5 Å². The number of carboxylic acids is 2. The summed E-state index contributed by atoms with van der Waals surface area (Å²) >= 11 is 0. The molecule has 1 atom stereocenters. The van der Waals surface area contributed by atoms with Gasteiger partial charge in [-0.2, -0.15) is 0 Å². The van der Waals surface area contributed by atoms with E-state index < -0.39 is 18.0 Å². The highest BCUT2D eigenvalue weighted by atomic mass is 16.4. The number of carbonyl (C=O) groups is 2. The lowest BCUT2D eigenvalue weighted by atomic mass is 9.77. The van der Waals surface area contributed by atoms with Crippen molar-refractivity contribution in [3.05, 3.63) is 35.4 Å². The van der Waals surface area contributed by atoms with Gasteiger partial charge in [-0.25, -0.2) is 0 Å². The van der Waals surface area contributed by atoms with Gasteiger partial charge in [0.1, 0.15) is 6.04 Å². The first-order valence-corrected chi connectivity index (χ1v) is 8.45. The smallest absolute Gasteiger partial charge is 0.320 e. The lowest BCUT2D eigenvalue weighted by Crippen LogP contribution is -2.38. The zero-order valence-electron chi connectivity index (χ0n) is 13.7. The molecule has 24 heavy (non-hydrogen) atoms. The Balaban J connectivity index is 1.70. The predicted molar refractivity (Wildman–Crippen MR) is 88.8 cm³/mol. The molecule has 2 heterocycles. The fraction of sp³-hybridized carbons (Fsp3) is 0.556. The normalized spacial score (nSPS) is 23.4. The molecule has 6 nitrogen and oxygen atoms in total. The van der Waals surface area contributed by atoms with Gasteiger partial charge >= 0.3 is 11.9 Å². The van der Waals surface area contributed by atoms with Crippen molar-refractivity contribution in [2.45, 2.75) is 38.3 Å². The van der Waals surface area contributed by atoms with Crippen LogP contribution >= 0.6 is 0 Å². The van der Waals surface area contributed by atoms with Crippen molar-refractivity contribution in [3.8, 4) is 0 Å². The summed E-state index contributed by atoms with van der Waals surface area (Å²) in [4.78, 5) is 24.5. The van der Waals surface area contributed by atoms with Gasteiger partial charge in [-0.3, -0.25) is 14.5 Å². The maximum absolute atomic E-state index is 11.7. The number of benzene rings is 1. The molecule has 0 aromatic heterocycles. The largest absolute Gasteiger partial charge is 0.481 e. The molecule has 2 saturated heterocycles. The highest BCUT2D eigenvalue weighted by molar-refractivity contribution is 5.74. The molecule has 1 aromatic carbocycles. The van der Waals surface area contributed by atoms with Crippen molar-refractivity contribution in [1.29, 1.82) is 0 Å². The summed E-state index contributed by atoms with van der Waals surface area (Å²) < 4.78 is 0. The summed E-state index contributed by atoms with van der Waals surface area (Å²) in [5.41, 5.74) is 1.91. The van der Waals surface area contributed by atoms with E-state index in [1.807, 2.05) is 24.3 Å². The van der Waals surface area contributed by atoms with Crippen molar-refractivity contribution in [1.82, 2.24) is 10.2 Å². The minimum atomic E-state index is -0.846. The van der Waals surface area contributed by atoms with E-state index in [0.29, 0.717) is 6.54 Å². The van der Waals surface area contributed by atoms with Crippen LogP contribution in [-0.4, -0.2) is 52.7 Å². The van der Waals surface area contributed by atoms with Crippen molar-refractivity contribution in [3.63, 3.8) is 0 Å². The van der Waals surface area contributed by atoms with E-state index in [4.69, 9.17) is 5.11 Å². The molecule has 2 aliphatic rings. The third-order valence-corrected chi connectivity index (χ3v) is 5.32. The SMILES string of the molecule is O=C(O)Cc1ccc(CN2CC3(CCNCC3)C[C@@H]2C(=O)O)cc1. The molecule has 3 N–H and O–H groups in total. The van der Waals surface area contributed by atoms with Crippen LogP contribution in [0.4, 0.5) is 0 Å². The molecule has 0 bridgehead atoms. The van der Waals surface area contributed by atoms with Gasteiger partial charge in [-0.1, -0.05) is 24.3 Å². The zero-order valence-corrected chi connectivity index (χ0v) is 13.7. The molecule has 130 valence electrons. The number of nitrogens with zero attached hydrogens (tertiary/aromatic N) is 1. The number of piperidine rings is 1. The van der Waals surface area contributed by atoms with Crippen LogP contribution in [0.25, 0.3) is 0 Å². The van der Waals surface area contributed by atoms with Crippen LogP contribution in [0.3, 0.4) is 0 Å². The highest BCUT2D eigenvalue weighted by Gasteiger charge is 2.46. The van der Waals surface area contributed by atoms with E-state index in [1.54, 1.807) is 0 Å². The first-order valence-electron chi connectivity index (χ1n) is 8.45. The summed E-state index contributed by atoms with van der Waals surface area (Å²) in [7, 11) is 0. The third-order valence-electron chi connectivity index (χ3n) is 5.32. The number of aliphatic carboxylic acids is 2. The van der Waals surface area contributed by atoms with Crippen molar-refractivity contribution >= 4 is 11.9 Å². The molecule has 0 unspecified atom stereocenters. The minimum Gasteiger partial charge on any atom is -0.481 e. The second kappa shape index (κ2) is 6.91. The maximum atomic E-state index is 11.7. The van der Waals surface area contributed by atoms with E-state index in [1.165, 1.54) is 0 Å². The summed E-state index contributed by atoms with van der Waals surface area (Å²) in [6, 6.07) is 7.02.